The minimum Gasteiger partial charge on any atom is -0.321 e. The van der Waals surface area contributed by atoms with Gasteiger partial charge < -0.3 is 10.2 Å². The molecule has 1 aliphatic heterocycles. The average Bonchev–Trinajstić information content (AvgIpc) is 2.63. The maximum Gasteiger partial charge on any atom is 0.257 e. The number of amides is 1. The van der Waals surface area contributed by atoms with Crippen molar-refractivity contribution in [3.63, 3.8) is 0 Å². The predicted octanol–water partition coefficient (Wildman–Crippen LogP) is 1.92. The van der Waals surface area contributed by atoms with Crippen molar-refractivity contribution in [1.29, 1.82) is 0 Å². The van der Waals surface area contributed by atoms with Gasteiger partial charge in [0.05, 0.1) is 27.4 Å². The number of carbonyl (C=O) groups is 1. The summed E-state index contributed by atoms with van der Waals surface area (Å²) in [6, 6.07) is 7.55. The third kappa shape index (κ3) is 4.04. The average molecular weight is 395 g/mol. The predicted molar refractivity (Wildman–Crippen MR) is 99.9 cm³/mol. The Bertz CT molecular complexity index is 897. The van der Waals surface area contributed by atoms with Crippen molar-refractivity contribution in [3.8, 4) is 0 Å². The smallest absolute Gasteiger partial charge is 0.257 e. The summed E-state index contributed by atoms with van der Waals surface area (Å²) < 4.78 is 27.2. The van der Waals surface area contributed by atoms with Gasteiger partial charge in [0, 0.05) is 32.4 Å². The van der Waals surface area contributed by atoms with Gasteiger partial charge in [-0.2, -0.15) is 4.31 Å². The molecule has 1 amide bonds. The van der Waals surface area contributed by atoms with Gasteiger partial charge in [-0.15, -0.1) is 0 Å². The summed E-state index contributed by atoms with van der Waals surface area (Å²) in [6.07, 6.45) is 3.09. The van der Waals surface area contributed by atoms with Gasteiger partial charge in [0.1, 0.15) is 0 Å². The second kappa shape index (κ2) is 7.71. The Morgan fingerprint density at radius 1 is 1.19 bits per heavy atom. The Kier molecular flexibility index (Phi) is 5.57. The van der Waals surface area contributed by atoms with Crippen LogP contribution in [0.4, 0.5) is 5.69 Å². The number of pyridine rings is 1. The number of sulfonamides is 1. The number of carbonyl (C=O) groups excluding carboxylic acids is 1. The Morgan fingerprint density at radius 2 is 1.92 bits per heavy atom. The second-order valence-corrected chi connectivity index (χ2v) is 8.39. The van der Waals surface area contributed by atoms with E-state index >= 15 is 0 Å². The molecule has 0 atom stereocenters. The Labute approximate surface area is 157 Å². The van der Waals surface area contributed by atoms with Gasteiger partial charge >= 0.3 is 0 Å². The van der Waals surface area contributed by atoms with Gasteiger partial charge in [-0.05, 0) is 37.4 Å². The first-order valence-corrected chi connectivity index (χ1v) is 9.89. The molecule has 138 valence electrons. The van der Waals surface area contributed by atoms with Crippen LogP contribution in [-0.2, 0) is 10.0 Å². The quantitative estimate of drug-likeness (QED) is 0.856. The van der Waals surface area contributed by atoms with E-state index in [0.717, 1.165) is 0 Å². The lowest BCUT2D eigenvalue weighted by molar-refractivity contribution is 0.102. The number of nitrogens with one attached hydrogen (secondary N) is 1. The van der Waals surface area contributed by atoms with Crippen molar-refractivity contribution in [2.24, 2.45) is 0 Å². The summed E-state index contributed by atoms with van der Waals surface area (Å²) >= 11 is 6.12. The summed E-state index contributed by atoms with van der Waals surface area (Å²) in [7, 11) is -1.72. The highest BCUT2D eigenvalue weighted by Crippen LogP contribution is 2.24. The molecule has 1 saturated heterocycles. The molecule has 1 fully saturated rings. The topological polar surface area (TPSA) is 82.6 Å². The molecule has 7 nitrogen and oxygen atoms in total. The normalized spacial score (nSPS) is 16.4. The minimum atomic E-state index is -3.68. The maximum absolute atomic E-state index is 12.9. The number of hydrogen-bond acceptors (Lipinski definition) is 5. The molecule has 0 unspecified atom stereocenters. The molecule has 0 radical (unpaired) electrons. The van der Waals surface area contributed by atoms with Crippen molar-refractivity contribution >= 4 is 33.2 Å². The second-order valence-electron chi connectivity index (χ2n) is 6.04. The minimum absolute atomic E-state index is 0.0581. The molecule has 0 bridgehead atoms. The van der Waals surface area contributed by atoms with Crippen LogP contribution < -0.4 is 5.32 Å². The summed E-state index contributed by atoms with van der Waals surface area (Å²) in [5, 5.41) is 2.85. The molecule has 1 aromatic carbocycles. The monoisotopic (exact) mass is 394 g/mol. The fraction of sp³-hybridized carbons (Fsp3) is 0.294. The highest BCUT2D eigenvalue weighted by molar-refractivity contribution is 7.89. The maximum atomic E-state index is 12.9. The van der Waals surface area contributed by atoms with E-state index in [1.54, 1.807) is 18.3 Å². The fourth-order valence-electron chi connectivity index (χ4n) is 2.65. The first kappa shape index (κ1) is 18.8. The van der Waals surface area contributed by atoms with Gasteiger partial charge in [0.15, 0.2) is 0 Å². The molecule has 0 spiro atoms. The molecular formula is C17H19ClN4O3S. The number of anilines is 1. The van der Waals surface area contributed by atoms with E-state index in [1.807, 2.05) is 7.05 Å². The Balaban J connectivity index is 1.86. The van der Waals surface area contributed by atoms with Gasteiger partial charge in [-0.1, -0.05) is 11.6 Å². The number of aromatic nitrogens is 1. The third-order valence-electron chi connectivity index (χ3n) is 4.20. The molecule has 2 heterocycles. The number of piperazine rings is 1. The number of hydrogen-bond donors (Lipinski definition) is 1. The van der Waals surface area contributed by atoms with Crippen LogP contribution in [-0.4, -0.2) is 61.7 Å². The molecule has 3 rings (SSSR count). The summed E-state index contributed by atoms with van der Waals surface area (Å²) in [4.78, 5) is 18.5. The lowest BCUT2D eigenvalue weighted by Gasteiger charge is -2.31. The van der Waals surface area contributed by atoms with Gasteiger partial charge in [0.2, 0.25) is 10.0 Å². The number of likely N-dealkylation sites (N-methyl/N-ethyl adjacent to an activating group) is 1. The third-order valence-corrected chi connectivity index (χ3v) is 6.43. The van der Waals surface area contributed by atoms with E-state index in [4.69, 9.17) is 11.6 Å². The van der Waals surface area contributed by atoms with Gasteiger partial charge in [-0.3, -0.25) is 9.78 Å². The first-order chi connectivity index (χ1) is 12.4. The van der Waals surface area contributed by atoms with Crippen LogP contribution in [0.2, 0.25) is 5.02 Å². The Hall–Kier alpha value is -2.00. The standard InChI is InChI=1S/C17H19ClN4O3S/c1-21-7-9-22(10-8-21)26(24,25)14-4-5-16(18)15(11-14)17(23)20-13-3-2-6-19-12-13/h2-6,11-12H,7-10H2,1H3,(H,20,23). The van der Waals surface area contributed by atoms with Gasteiger partial charge in [0.25, 0.3) is 5.91 Å². The molecule has 9 heteroatoms. The zero-order chi connectivity index (χ0) is 18.7. The van der Waals surface area contributed by atoms with Crippen molar-refractivity contribution in [2.45, 2.75) is 4.90 Å². The molecular weight excluding hydrogens is 376 g/mol. The van der Waals surface area contributed by atoms with Crippen LogP contribution in [0.5, 0.6) is 0 Å². The molecule has 1 aliphatic rings. The lowest BCUT2D eigenvalue weighted by atomic mass is 10.2. The largest absolute Gasteiger partial charge is 0.321 e. The summed E-state index contributed by atoms with van der Waals surface area (Å²) in [5.74, 6) is -0.488. The van der Waals surface area contributed by atoms with E-state index in [1.165, 1.54) is 28.7 Å². The molecule has 0 saturated carbocycles. The molecule has 2 aromatic rings. The highest BCUT2D eigenvalue weighted by atomic mass is 35.5. The van der Waals surface area contributed by atoms with Crippen LogP contribution in [0.1, 0.15) is 10.4 Å². The van der Waals surface area contributed by atoms with Crippen LogP contribution in [0, 0.1) is 0 Å². The lowest BCUT2D eigenvalue weighted by Crippen LogP contribution is -2.47. The van der Waals surface area contributed by atoms with E-state index in [9.17, 15) is 13.2 Å². The zero-order valence-corrected chi connectivity index (χ0v) is 15.8. The summed E-state index contributed by atoms with van der Waals surface area (Å²) in [6.45, 7) is 2.17. The molecule has 1 N–H and O–H groups in total. The number of benzene rings is 1. The van der Waals surface area contributed by atoms with E-state index in [-0.39, 0.29) is 15.5 Å². The number of nitrogens with zero attached hydrogens (tertiary/aromatic N) is 3. The van der Waals surface area contributed by atoms with Crippen molar-refractivity contribution in [1.82, 2.24) is 14.2 Å². The fourth-order valence-corrected chi connectivity index (χ4v) is 4.30. The van der Waals surface area contributed by atoms with Crippen LogP contribution in [0.25, 0.3) is 0 Å². The number of rotatable bonds is 4. The molecule has 1 aromatic heterocycles. The van der Waals surface area contributed by atoms with Gasteiger partial charge in [-0.25, -0.2) is 8.42 Å². The van der Waals surface area contributed by atoms with Crippen molar-refractivity contribution in [2.75, 3.05) is 38.5 Å². The first-order valence-electron chi connectivity index (χ1n) is 8.07. The molecule has 26 heavy (non-hydrogen) atoms. The highest BCUT2D eigenvalue weighted by Gasteiger charge is 2.28. The zero-order valence-electron chi connectivity index (χ0n) is 14.2. The molecule has 0 aliphatic carbocycles. The Morgan fingerprint density at radius 3 is 2.58 bits per heavy atom. The van der Waals surface area contributed by atoms with Crippen molar-refractivity contribution in [3.05, 3.63) is 53.3 Å². The SMILES string of the molecule is CN1CCN(S(=O)(=O)c2ccc(Cl)c(C(=O)Nc3cccnc3)c2)CC1. The van der Waals surface area contributed by atoms with Crippen molar-refractivity contribution < 1.29 is 13.2 Å². The van der Waals surface area contributed by atoms with Crippen LogP contribution in [0.3, 0.4) is 0 Å². The van der Waals surface area contributed by atoms with Crippen LogP contribution in [0.15, 0.2) is 47.6 Å². The van der Waals surface area contributed by atoms with E-state index in [2.05, 4.69) is 15.2 Å². The number of halogens is 1. The summed E-state index contributed by atoms with van der Waals surface area (Å²) in [5.41, 5.74) is 0.603. The van der Waals surface area contributed by atoms with Crippen LogP contribution >= 0.6 is 11.6 Å². The van der Waals surface area contributed by atoms with E-state index in [0.29, 0.717) is 31.9 Å². The van der Waals surface area contributed by atoms with E-state index < -0.39 is 15.9 Å².